The van der Waals surface area contributed by atoms with Gasteiger partial charge >= 0.3 is 0 Å². The molecule has 0 spiro atoms. The molecule has 0 amide bonds. The van der Waals surface area contributed by atoms with E-state index in [0.29, 0.717) is 0 Å². The van der Waals surface area contributed by atoms with E-state index >= 15 is 0 Å². The van der Waals surface area contributed by atoms with Crippen molar-refractivity contribution < 1.29 is 0 Å². The fourth-order valence-electron chi connectivity index (χ4n) is 2.37. The van der Waals surface area contributed by atoms with Crippen LogP contribution in [-0.2, 0) is 13.5 Å². The lowest BCUT2D eigenvalue weighted by Crippen LogP contribution is -2.44. The van der Waals surface area contributed by atoms with Gasteiger partial charge in [-0.05, 0) is 58.4 Å². The maximum Gasteiger partial charge on any atom is 0.0829 e. The Bertz CT molecular complexity index is 364. The summed E-state index contributed by atoms with van der Waals surface area (Å²) in [6, 6.07) is 0. The molecule has 4 heteroatoms. The van der Waals surface area contributed by atoms with Gasteiger partial charge in [0, 0.05) is 18.8 Å². The summed E-state index contributed by atoms with van der Waals surface area (Å²) in [5, 5.41) is 11.8. The maximum absolute atomic E-state index is 4.17. The van der Waals surface area contributed by atoms with E-state index in [1.165, 1.54) is 12.8 Å². The fraction of sp³-hybridized carbons (Fsp3) is 0.846. The Hall–Kier alpha value is -0.900. The zero-order valence-electron chi connectivity index (χ0n) is 11.4. The van der Waals surface area contributed by atoms with Gasteiger partial charge in [-0.2, -0.15) is 0 Å². The van der Waals surface area contributed by atoms with Crippen LogP contribution in [-0.4, -0.2) is 27.1 Å². The van der Waals surface area contributed by atoms with Crippen LogP contribution in [0.2, 0.25) is 0 Å². The minimum atomic E-state index is 0.229. The van der Waals surface area contributed by atoms with Crippen molar-refractivity contribution in [2.45, 2.75) is 45.6 Å². The summed E-state index contributed by atoms with van der Waals surface area (Å²) in [7, 11) is 1.93. The summed E-state index contributed by atoms with van der Waals surface area (Å²) in [4.78, 5) is 0. The average Bonchev–Trinajstić information content (AvgIpc) is 2.57. The SMILES string of the molecule is Cn1cc(CC2CCC2CNC(C)(C)C)nn1. The zero-order chi connectivity index (χ0) is 12.5. The van der Waals surface area contributed by atoms with Crippen LogP contribution >= 0.6 is 0 Å². The minimum Gasteiger partial charge on any atom is -0.312 e. The third-order valence-electron chi connectivity index (χ3n) is 3.59. The van der Waals surface area contributed by atoms with Crippen molar-refractivity contribution in [3.63, 3.8) is 0 Å². The molecule has 0 saturated heterocycles. The maximum atomic E-state index is 4.17. The first-order chi connectivity index (χ1) is 7.94. The Kier molecular flexibility index (Phi) is 3.52. The lowest BCUT2D eigenvalue weighted by atomic mass is 9.71. The van der Waals surface area contributed by atoms with Gasteiger partial charge in [0.05, 0.1) is 5.69 Å². The van der Waals surface area contributed by atoms with E-state index in [9.17, 15) is 0 Å². The number of rotatable bonds is 4. The van der Waals surface area contributed by atoms with Gasteiger partial charge in [-0.1, -0.05) is 5.21 Å². The Morgan fingerprint density at radius 3 is 2.53 bits per heavy atom. The van der Waals surface area contributed by atoms with Crippen LogP contribution in [0.25, 0.3) is 0 Å². The second-order valence-corrected chi connectivity index (χ2v) is 6.32. The Morgan fingerprint density at radius 2 is 2.06 bits per heavy atom. The van der Waals surface area contributed by atoms with Gasteiger partial charge in [-0.25, -0.2) is 0 Å². The molecule has 96 valence electrons. The smallest absolute Gasteiger partial charge is 0.0829 e. The van der Waals surface area contributed by atoms with Crippen molar-refractivity contribution in [3.05, 3.63) is 11.9 Å². The predicted molar refractivity (Wildman–Crippen MR) is 68.7 cm³/mol. The molecular weight excluding hydrogens is 212 g/mol. The molecule has 0 aromatic carbocycles. The normalized spacial score (nSPS) is 24.7. The molecule has 1 aromatic heterocycles. The lowest BCUT2D eigenvalue weighted by molar-refractivity contribution is 0.158. The predicted octanol–water partition coefficient (Wildman–Crippen LogP) is 1.77. The van der Waals surface area contributed by atoms with E-state index in [2.05, 4.69) is 36.4 Å². The highest BCUT2D eigenvalue weighted by Crippen LogP contribution is 2.36. The molecule has 1 aliphatic carbocycles. The van der Waals surface area contributed by atoms with Crippen molar-refractivity contribution in [2.24, 2.45) is 18.9 Å². The van der Waals surface area contributed by atoms with E-state index in [4.69, 9.17) is 0 Å². The van der Waals surface area contributed by atoms with E-state index in [-0.39, 0.29) is 5.54 Å². The molecule has 1 N–H and O–H groups in total. The van der Waals surface area contributed by atoms with Crippen LogP contribution in [0.1, 0.15) is 39.3 Å². The molecule has 1 aliphatic rings. The molecule has 0 aliphatic heterocycles. The number of nitrogens with one attached hydrogen (secondary N) is 1. The summed E-state index contributed by atoms with van der Waals surface area (Å²) in [6.45, 7) is 7.81. The first-order valence-electron chi connectivity index (χ1n) is 6.54. The van der Waals surface area contributed by atoms with Gasteiger partial charge < -0.3 is 5.32 Å². The average molecular weight is 236 g/mol. The van der Waals surface area contributed by atoms with Crippen molar-refractivity contribution in [3.8, 4) is 0 Å². The summed E-state index contributed by atoms with van der Waals surface area (Å²) in [5.41, 5.74) is 1.37. The zero-order valence-corrected chi connectivity index (χ0v) is 11.4. The summed E-state index contributed by atoms with van der Waals surface area (Å²) in [5.74, 6) is 1.61. The molecule has 2 unspecified atom stereocenters. The molecule has 0 bridgehead atoms. The summed E-state index contributed by atoms with van der Waals surface area (Å²) < 4.78 is 1.79. The van der Waals surface area contributed by atoms with Gasteiger partial charge in [0.1, 0.15) is 0 Å². The van der Waals surface area contributed by atoms with Gasteiger partial charge in [0.2, 0.25) is 0 Å². The molecule has 1 heterocycles. The minimum absolute atomic E-state index is 0.229. The quantitative estimate of drug-likeness (QED) is 0.866. The molecule has 1 fully saturated rings. The van der Waals surface area contributed by atoms with Crippen LogP contribution in [0.5, 0.6) is 0 Å². The van der Waals surface area contributed by atoms with E-state index in [1.807, 2.05) is 13.2 Å². The first-order valence-corrected chi connectivity index (χ1v) is 6.54. The number of nitrogens with zero attached hydrogens (tertiary/aromatic N) is 3. The van der Waals surface area contributed by atoms with Crippen molar-refractivity contribution in [1.82, 2.24) is 20.3 Å². The van der Waals surface area contributed by atoms with Crippen molar-refractivity contribution in [2.75, 3.05) is 6.54 Å². The van der Waals surface area contributed by atoms with Gasteiger partial charge in [0.15, 0.2) is 0 Å². The Labute approximate surface area is 104 Å². The van der Waals surface area contributed by atoms with Crippen LogP contribution in [0.3, 0.4) is 0 Å². The van der Waals surface area contributed by atoms with Gasteiger partial charge in [-0.15, -0.1) is 5.10 Å². The second kappa shape index (κ2) is 4.77. The Morgan fingerprint density at radius 1 is 1.35 bits per heavy atom. The molecule has 4 nitrogen and oxygen atoms in total. The van der Waals surface area contributed by atoms with Gasteiger partial charge in [0.25, 0.3) is 0 Å². The van der Waals surface area contributed by atoms with Crippen LogP contribution in [0, 0.1) is 11.8 Å². The first kappa shape index (κ1) is 12.6. The standard InChI is InChI=1S/C13H24N4/c1-13(2,3)14-8-11-6-5-10(11)7-12-9-17(4)16-15-12/h9-11,14H,5-8H2,1-4H3. The summed E-state index contributed by atoms with van der Waals surface area (Å²) in [6.07, 6.45) is 5.82. The van der Waals surface area contributed by atoms with Crippen molar-refractivity contribution in [1.29, 1.82) is 0 Å². The van der Waals surface area contributed by atoms with Gasteiger partial charge in [-0.3, -0.25) is 4.68 Å². The highest BCUT2D eigenvalue weighted by molar-refractivity contribution is 4.98. The molecule has 2 rings (SSSR count). The highest BCUT2D eigenvalue weighted by atomic mass is 15.4. The third-order valence-corrected chi connectivity index (χ3v) is 3.59. The largest absolute Gasteiger partial charge is 0.312 e. The van der Waals surface area contributed by atoms with E-state index in [1.54, 1.807) is 4.68 Å². The molecule has 2 atom stereocenters. The Balaban J connectivity index is 1.79. The monoisotopic (exact) mass is 236 g/mol. The third kappa shape index (κ3) is 3.53. The number of aryl methyl sites for hydroxylation is 1. The molecule has 17 heavy (non-hydrogen) atoms. The van der Waals surface area contributed by atoms with E-state index in [0.717, 1.165) is 30.5 Å². The second-order valence-electron chi connectivity index (χ2n) is 6.32. The lowest BCUT2D eigenvalue weighted by Gasteiger charge is -2.38. The summed E-state index contributed by atoms with van der Waals surface area (Å²) >= 11 is 0. The fourth-order valence-corrected chi connectivity index (χ4v) is 2.37. The number of aromatic nitrogens is 3. The molecule has 0 radical (unpaired) electrons. The number of hydrogen-bond donors (Lipinski definition) is 1. The molecule has 1 aromatic rings. The van der Waals surface area contributed by atoms with E-state index < -0.39 is 0 Å². The molecular formula is C13H24N4. The highest BCUT2D eigenvalue weighted by Gasteiger charge is 2.31. The van der Waals surface area contributed by atoms with Crippen LogP contribution in [0.15, 0.2) is 6.20 Å². The molecule has 1 saturated carbocycles. The van der Waals surface area contributed by atoms with Crippen LogP contribution < -0.4 is 5.32 Å². The number of hydrogen-bond acceptors (Lipinski definition) is 3. The van der Waals surface area contributed by atoms with Crippen molar-refractivity contribution >= 4 is 0 Å². The van der Waals surface area contributed by atoms with Crippen LogP contribution in [0.4, 0.5) is 0 Å². The topological polar surface area (TPSA) is 42.7 Å².